The summed E-state index contributed by atoms with van der Waals surface area (Å²) in [4.78, 5) is 0. The van der Waals surface area contributed by atoms with Crippen LogP contribution in [-0.4, -0.2) is 13.7 Å². The molecule has 0 spiro atoms. The molecule has 0 amide bonds. The minimum absolute atomic E-state index is 1.16. The Morgan fingerprint density at radius 2 is 0.804 bits per heavy atom. The summed E-state index contributed by atoms with van der Waals surface area (Å²) in [6, 6.07) is 68.4. The summed E-state index contributed by atoms with van der Waals surface area (Å²) in [5, 5.41) is 7.54. The molecule has 0 N–H and O–H groups in total. The number of benzene rings is 8. The average Bonchev–Trinajstić information content (AvgIpc) is 3.84. The third-order valence-electron chi connectivity index (χ3n) is 10.6. The van der Waals surface area contributed by atoms with E-state index in [1.807, 2.05) is 0 Å². The minimum Gasteiger partial charge on any atom is -0.309 e. The van der Waals surface area contributed by atoms with Crippen LogP contribution >= 0.6 is 0 Å². The first-order chi connectivity index (χ1) is 25.3. The van der Waals surface area contributed by atoms with Crippen molar-refractivity contribution in [3.8, 4) is 28.2 Å². The zero-order valence-corrected chi connectivity index (χ0v) is 27.7. The standard InChI is InChI=1S/C48H31N3/c1-3-15-33(16-4-1)49-42-24-12-8-20-36(42)38-28-27-32(31-46(38)49)35-19-7-11-23-41(35)51-44-26-14-10-22-40(44)47-45(51)30-29-39-37-21-9-13-25-43(37)50(48(39)47)34-17-5-2-6-18-34/h1-31H. The van der Waals surface area contributed by atoms with Crippen molar-refractivity contribution in [2.75, 3.05) is 0 Å². The molecule has 0 fully saturated rings. The second kappa shape index (κ2) is 10.8. The summed E-state index contributed by atoms with van der Waals surface area (Å²) in [6.45, 7) is 0. The van der Waals surface area contributed by atoms with Crippen LogP contribution in [0.3, 0.4) is 0 Å². The summed E-state index contributed by atoms with van der Waals surface area (Å²) in [5.41, 5.74) is 13.1. The van der Waals surface area contributed by atoms with Gasteiger partial charge in [-0.2, -0.15) is 0 Å². The third kappa shape index (κ3) is 4.00. The van der Waals surface area contributed by atoms with Gasteiger partial charge in [-0.15, -0.1) is 0 Å². The lowest BCUT2D eigenvalue weighted by Crippen LogP contribution is -1.98. The van der Waals surface area contributed by atoms with Crippen molar-refractivity contribution in [2.45, 2.75) is 0 Å². The molecule has 0 aliphatic rings. The van der Waals surface area contributed by atoms with Gasteiger partial charge in [0.25, 0.3) is 0 Å². The quantitative estimate of drug-likeness (QED) is 0.180. The Kier molecular flexibility index (Phi) is 5.96. The van der Waals surface area contributed by atoms with Crippen LogP contribution in [0.25, 0.3) is 93.6 Å². The molecule has 3 nitrogen and oxygen atoms in total. The molecule has 3 aromatic heterocycles. The molecule has 0 aliphatic heterocycles. The number of nitrogens with zero attached hydrogens (tertiary/aromatic N) is 3. The van der Waals surface area contributed by atoms with Crippen molar-refractivity contribution in [1.82, 2.24) is 13.7 Å². The molecular formula is C48H31N3. The Bertz CT molecular complexity index is 3120. The fourth-order valence-corrected chi connectivity index (χ4v) is 8.52. The number of hydrogen-bond donors (Lipinski definition) is 0. The van der Waals surface area contributed by atoms with Crippen LogP contribution in [0.5, 0.6) is 0 Å². The second-order valence-corrected chi connectivity index (χ2v) is 13.3. The molecule has 3 heterocycles. The normalized spacial score (nSPS) is 11.9. The molecule has 0 radical (unpaired) electrons. The molecule has 0 aliphatic carbocycles. The van der Waals surface area contributed by atoms with Gasteiger partial charge in [0.15, 0.2) is 0 Å². The summed E-state index contributed by atoms with van der Waals surface area (Å²) >= 11 is 0. The Morgan fingerprint density at radius 1 is 0.294 bits per heavy atom. The number of aromatic nitrogens is 3. The van der Waals surface area contributed by atoms with E-state index in [0.717, 1.165) is 17.1 Å². The monoisotopic (exact) mass is 649 g/mol. The van der Waals surface area contributed by atoms with E-state index in [1.54, 1.807) is 0 Å². The van der Waals surface area contributed by atoms with Crippen LogP contribution in [0.2, 0.25) is 0 Å². The third-order valence-corrected chi connectivity index (χ3v) is 10.6. The Labute approximate surface area is 294 Å². The largest absolute Gasteiger partial charge is 0.309 e. The Hall–Kier alpha value is -6.84. The van der Waals surface area contributed by atoms with Gasteiger partial charge in [-0.1, -0.05) is 127 Å². The highest BCUT2D eigenvalue weighted by Crippen LogP contribution is 2.44. The molecule has 3 heteroatoms. The number of para-hydroxylation sites is 6. The lowest BCUT2D eigenvalue weighted by Gasteiger charge is -2.15. The average molecular weight is 650 g/mol. The zero-order valence-electron chi connectivity index (χ0n) is 27.7. The van der Waals surface area contributed by atoms with E-state index in [1.165, 1.54) is 76.5 Å². The smallest absolute Gasteiger partial charge is 0.0641 e. The van der Waals surface area contributed by atoms with Gasteiger partial charge in [0.05, 0.1) is 38.8 Å². The molecule has 238 valence electrons. The SMILES string of the molecule is c1ccc(-n2c3ccccc3c3ccc(-c4ccccc4-n4c5ccccc5c5c4ccc4c6ccccc6n(-c6ccccc6)c45)cc32)cc1. The van der Waals surface area contributed by atoms with Crippen LogP contribution in [0, 0.1) is 0 Å². The maximum absolute atomic E-state index is 2.48. The van der Waals surface area contributed by atoms with E-state index in [2.05, 4.69) is 202 Å². The van der Waals surface area contributed by atoms with Crippen LogP contribution < -0.4 is 0 Å². The molecule has 11 aromatic rings. The lowest BCUT2D eigenvalue weighted by molar-refractivity contribution is 1.17. The van der Waals surface area contributed by atoms with Gasteiger partial charge >= 0.3 is 0 Å². The van der Waals surface area contributed by atoms with Gasteiger partial charge in [-0.3, -0.25) is 0 Å². The number of rotatable bonds is 4. The van der Waals surface area contributed by atoms with Crippen LogP contribution in [0.4, 0.5) is 0 Å². The number of fused-ring (bicyclic) bond motifs is 10. The molecule has 0 bridgehead atoms. The zero-order chi connectivity index (χ0) is 33.5. The fourth-order valence-electron chi connectivity index (χ4n) is 8.52. The van der Waals surface area contributed by atoms with Crippen LogP contribution in [0.1, 0.15) is 0 Å². The summed E-state index contributed by atoms with van der Waals surface area (Å²) < 4.78 is 7.33. The maximum Gasteiger partial charge on any atom is 0.0641 e. The molecule has 0 saturated heterocycles. The topological polar surface area (TPSA) is 14.8 Å². The highest BCUT2D eigenvalue weighted by Gasteiger charge is 2.22. The summed E-state index contributed by atoms with van der Waals surface area (Å²) in [6.07, 6.45) is 0. The Morgan fingerprint density at radius 3 is 1.53 bits per heavy atom. The van der Waals surface area contributed by atoms with Gasteiger partial charge < -0.3 is 13.7 Å². The van der Waals surface area contributed by atoms with Crippen LogP contribution in [0.15, 0.2) is 188 Å². The highest BCUT2D eigenvalue weighted by molar-refractivity contribution is 6.26. The van der Waals surface area contributed by atoms with Crippen LogP contribution in [-0.2, 0) is 0 Å². The summed E-state index contributed by atoms with van der Waals surface area (Å²) in [7, 11) is 0. The molecule has 0 unspecified atom stereocenters. The molecule has 8 aromatic carbocycles. The minimum atomic E-state index is 1.16. The maximum atomic E-state index is 2.48. The molecule has 0 atom stereocenters. The lowest BCUT2D eigenvalue weighted by atomic mass is 10.0. The van der Waals surface area contributed by atoms with Crippen molar-refractivity contribution in [1.29, 1.82) is 0 Å². The molecular weight excluding hydrogens is 619 g/mol. The van der Waals surface area contributed by atoms with Gasteiger partial charge in [-0.05, 0) is 66.2 Å². The fraction of sp³-hybridized carbons (Fsp3) is 0. The molecule has 11 rings (SSSR count). The Balaban J connectivity index is 1.22. The first kappa shape index (κ1) is 28.0. The van der Waals surface area contributed by atoms with Crippen molar-refractivity contribution < 1.29 is 0 Å². The summed E-state index contributed by atoms with van der Waals surface area (Å²) in [5.74, 6) is 0. The molecule has 0 saturated carbocycles. The highest BCUT2D eigenvalue weighted by atomic mass is 15.0. The first-order valence-electron chi connectivity index (χ1n) is 17.5. The van der Waals surface area contributed by atoms with Gasteiger partial charge in [0, 0.05) is 49.3 Å². The van der Waals surface area contributed by atoms with E-state index >= 15 is 0 Å². The van der Waals surface area contributed by atoms with Gasteiger partial charge in [0.1, 0.15) is 0 Å². The van der Waals surface area contributed by atoms with E-state index in [0.29, 0.717) is 0 Å². The molecule has 51 heavy (non-hydrogen) atoms. The predicted octanol–water partition coefficient (Wildman–Crippen LogP) is 12.6. The van der Waals surface area contributed by atoms with Crippen molar-refractivity contribution in [3.05, 3.63) is 188 Å². The van der Waals surface area contributed by atoms with Crippen molar-refractivity contribution in [3.63, 3.8) is 0 Å². The van der Waals surface area contributed by atoms with Gasteiger partial charge in [-0.25, -0.2) is 0 Å². The van der Waals surface area contributed by atoms with E-state index in [-0.39, 0.29) is 0 Å². The predicted molar refractivity (Wildman–Crippen MR) is 215 cm³/mol. The number of hydrogen-bond acceptors (Lipinski definition) is 0. The van der Waals surface area contributed by atoms with E-state index < -0.39 is 0 Å². The van der Waals surface area contributed by atoms with E-state index in [9.17, 15) is 0 Å². The van der Waals surface area contributed by atoms with Crippen molar-refractivity contribution >= 4 is 65.4 Å². The van der Waals surface area contributed by atoms with Gasteiger partial charge in [0.2, 0.25) is 0 Å². The second-order valence-electron chi connectivity index (χ2n) is 13.3. The first-order valence-corrected chi connectivity index (χ1v) is 17.5. The van der Waals surface area contributed by atoms with E-state index in [4.69, 9.17) is 0 Å². The van der Waals surface area contributed by atoms with Crippen molar-refractivity contribution in [2.24, 2.45) is 0 Å².